The fourth-order valence-corrected chi connectivity index (χ4v) is 4.89. The molecular weight excluding hydrogens is 326 g/mol. The smallest absolute Gasteiger partial charge is 0.0750 e. The van der Waals surface area contributed by atoms with E-state index in [4.69, 9.17) is 4.99 Å². The van der Waals surface area contributed by atoms with Gasteiger partial charge in [-0.2, -0.15) is 0 Å². The van der Waals surface area contributed by atoms with Crippen molar-refractivity contribution < 1.29 is 0 Å². The van der Waals surface area contributed by atoms with Crippen molar-refractivity contribution in [2.24, 2.45) is 4.99 Å². The molecule has 5 rings (SSSR count). The van der Waals surface area contributed by atoms with Crippen molar-refractivity contribution in [3.05, 3.63) is 86.5 Å². The van der Waals surface area contributed by atoms with Crippen LogP contribution < -0.4 is 0 Å². The quantitative estimate of drug-likeness (QED) is 0.555. The molecule has 0 spiro atoms. The van der Waals surface area contributed by atoms with Crippen molar-refractivity contribution in [1.82, 2.24) is 0 Å². The number of hydrogen-bond acceptors (Lipinski definition) is 1. The van der Waals surface area contributed by atoms with Gasteiger partial charge in [0.1, 0.15) is 0 Å². The standard InChI is InChI=1S/C26H25N/c1-14-11-24-23(25-17(4)16(3)18(5)26(25)27-24)13-20(14)12-22-15(2)10-19-8-6-7-9-21(19)22/h6-11,13,22H,12H2,1-5H3. The lowest BCUT2D eigenvalue weighted by Gasteiger charge is -2.17. The molecule has 0 bridgehead atoms. The molecule has 1 nitrogen and oxygen atoms in total. The van der Waals surface area contributed by atoms with Crippen LogP contribution in [0, 0.1) is 6.92 Å². The second kappa shape index (κ2) is 5.66. The zero-order chi connectivity index (χ0) is 18.9. The molecule has 0 amide bonds. The van der Waals surface area contributed by atoms with Crippen molar-refractivity contribution in [2.45, 2.75) is 47.0 Å². The van der Waals surface area contributed by atoms with Crippen LogP contribution in [-0.2, 0) is 6.42 Å². The first kappa shape index (κ1) is 16.5. The molecule has 27 heavy (non-hydrogen) atoms. The maximum Gasteiger partial charge on any atom is 0.0750 e. The van der Waals surface area contributed by atoms with Gasteiger partial charge in [-0.05, 0) is 92.1 Å². The molecular formula is C26H25N. The molecule has 1 heterocycles. The number of nitrogens with zero attached hydrogens (tertiary/aromatic N) is 1. The van der Waals surface area contributed by atoms with Gasteiger partial charge in [0.2, 0.25) is 0 Å². The van der Waals surface area contributed by atoms with E-state index in [1.807, 2.05) is 0 Å². The maximum atomic E-state index is 4.97. The second-order valence-electron chi connectivity index (χ2n) is 8.28. The lowest BCUT2D eigenvalue weighted by atomic mass is 9.86. The summed E-state index contributed by atoms with van der Waals surface area (Å²) in [7, 11) is 0. The number of rotatable bonds is 2. The van der Waals surface area contributed by atoms with Gasteiger partial charge >= 0.3 is 0 Å². The third kappa shape index (κ3) is 2.27. The summed E-state index contributed by atoms with van der Waals surface area (Å²) in [6.07, 6.45) is 3.41. The molecule has 1 aliphatic heterocycles. The fraction of sp³-hybridized carbons (Fsp3) is 0.269. The van der Waals surface area contributed by atoms with E-state index in [0.717, 1.165) is 12.1 Å². The van der Waals surface area contributed by atoms with Gasteiger partial charge in [-0.15, -0.1) is 0 Å². The third-order valence-corrected chi connectivity index (χ3v) is 6.78. The maximum absolute atomic E-state index is 4.97. The SMILES string of the molecule is CC1=Cc2ccccc2C1Cc1cc2c(cc1C)N=C1C(C)=C(C)C(C)=C12. The van der Waals surface area contributed by atoms with Gasteiger partial charge in [0.15, 0.2) is 0 Å². The average Bonchev–Trinajstić information content (AvgIpc) is 3.23. The zero-order valence-electron chi connectivity index (χ0n) is 16.8. The Morgan fingerprint density at radius 3 is 2.48 bits per heavy atom. The van der Waals surface area contributed by atoms with Crippen molar-refractivity contribution in [1.29, 1.82) is 0 Å². The largest absolute Gasteiger partial charge is 0.247 e. The highest BCUT2D eigenvalue weighted by atomic mass is 14.8. The molecule has 134 valence electrons. The molecule has 1 atom stereocenters. The Morgan fingerprint density at radius 2 is 1.67 bits per heavy atom. The molecule has 1 unspecified atom stereocenters. The summed E-state index contributed by atoms with van der Waals surface area (Å²) >= 11 is 0. The molecule has 2 aromatic carbocycles. The molecule has 1 heteroatoms. The molecule has 0 saturated heterocycles. The van der Waals surface area contributed by atoms with Gasteiger partial charge in [0.05, 0.1) is 11.4 Å². The highest BCUT2D eigenvalue weighted by Gasteiger charge is 2.31. The van der Waals surface area contributed by atoms with E-state index in [0.29, 0.717) is 5.92 Å². The molecule has 2 aliphatic carbocycles. The molecule has 0 radical (unpaired) electrons. The van der Waals surface area contributed by atoms with Crippen molar-refractivity contribution in [3.63, 3.8) is 0 Å². The second-order valence-corrected chi connectivity index (χ2v) is 8.28. The van der Waals surface area contributed by atoms with Crippen LogP contribution in [0.3, 0.4) is 0 Å². The van der Waals surface area contributed by atoms with Crippen LogP contribution in [-0.4, -0.2) is 5.71 Å². The van der Waals surface area contributed by atoms with E-state index >= 15 is 0 Å². The van der Waals surface area contributed by atoms with Gasteiger partial charge in [-0.25, -0.2) is 4.99 Å². The predicted octanol–water partition coefficient (Wildman–Crippen LogP) is 6.95. The van der Waals surface area contributed by atoms with Crippen LogP contribution in [0.1, 0.15) is 61.4 Å². The topological polar surface area (TPSA) is 12.4 Å². The summed E-state index contributed by atoms with van der Waals surface area (Å²) in [6, 6.07) is 13.5. The highest BCUT2D eigenvalue weighted by molar-refractivity contribution is 6.39. The summed E-state index contributed by atoms with van der Waals surface area (Å²) in [6.45, 7) is 11.2. The number of aliphatic imine (C=N–C) groups is 1. The minimum Gasteiger partial charge on any atom is -0.247 e. The minimum absolute atomic E-state index is 0.486. The number of benzene rings is 2. The first-order chi connectivity index (χ1) is 13.0. The highest BCUT2D eigenvalue weighted by Crippen LogP contribution is 2.47. The Bertz CT molecular complexity index is 1130. The molecule has 0 aromatic heterocycles. The summed E-state index contributed by atoms with van der Waals surface area (Å²) in [4.78, 5) is 4.97. The van der Waals surface area contributed by atoms with Crippen LogP contribution in [0.25, 0.3) is 11.6 Å². The third-order valence-electron chi connectivity index (χ3n) is 6.78. The zero-order valence-corrected chi connectivity index (χ0v) is 16.8. The minimum atomic E-state index is 0.486. The van der Waals surface area contributed by atoms with E-state index in [-0.39, 0.29) is 0 Å². The van der Waals surface area contributed by atoms with Gasteiger partial charge in [-0.1, -0.05) is 35.9 Å². The van der Waals surface area contributed by atoms with E-state index in [1.54, 1.807) is 0 Å². The predicted molar refractivity (Wildman–Crippen MR) is 116 cm³/mol. The first-order valence-corrected chi connectivity index (χ1v) is 9.85. The van der Waals surface area contributed by atoms with Crippen molar-refractivity contribution in [3.8, 4) is 0 Å². The van der Waals surface area contributed by atoms with E-state index in [2.05, 4.69) is 77.1 Å². The fourth-order valence-electron chi connectivity index (χ4n) is 4.89. The first-order valence-electron chi connectivity index (χ1n) is 9.85. The lowest BCUT2D eigenvalue weighted by Crippen LogP contribution is -2.04. The van der Waals surface area contributed by atoms with Crippen LogP contribution >= 0.6 is 0 Å². The van der Waals surface area contributed by atoms with Gasteiger partial charge in [0.25, 0.3) is 0 Å². The Kier molecular flexibility index (Phi) is 3.46. The molecule has 2 aromatic rings. The Labute approximate surface area is 161 Å². The van der Waals surface area contributed by atoms with Crippen LogP contribution in [0.4, 0.5) is 5.69 Å². The lowest BCUT2D eigenvalue weighted by molar-refractivity contribution is 0.799. The molecule has 3 aliphatic rings. The van der Waals surface area contributed by atoms with Gasteiger partial charge in [0, 0.05) is 17.1 Å². The number of aryl methyl sites for hydroxylation is 1. The summed E-state index contributed by atoms with van der Waals surface area (Å²) in [5.41, 5.74) is 16.3. The van der Waals surface area contributed by atoms with Gasteiger partial charge in [-0.3, -0.25) is 0 Å². The van der Waals surface area contributed by atoms with Crippen LogP contribution in [0.2, 0.25) is 0 Å². The molecule has 0 fully saturated rings. The molecule has 0 N–H and O–H groups in total. The number of fused-ring (bicyclic) bond motifs is 4. The van der Waals surface area contributed by atoms with E-state index in [9.17, 15) is 0 Å². The van der Waals surface area contributed by atoms with E-state index in [1.165, 1.54) is 61.4 Å². The van der Waals surface area contributed by atoms with Crippen LogP contribution in [0.15, 0.2) is 63.7 Å². The van der Waals surface area contributed by atoms with Gasteiger partial charge < -0.3 is 0 Å². The van der Waals surface area contributed by atoms with Crippen molar-refractivity contribution in [2.75, 3.05) is 0 Å². The Hall–Kier alpha value is -2.67. The van der Waals surface area contributed by atoms with Crippen molar-refractivity contribution >= 4 is 23.0 Å². The van der Waals surface area contributed by atoms with E-state index < -0.39 is 0 Å². The number of hydrogen-bond donors (Lipinski definition) is 0. The molecule has 0 saturated carbocycles. The monoisotopic (exact) mass is 351 g/mol. The average molecular weight is 351 g/mol. The normalized spacial score (nSPS) is 20.0. The van der Waals surface area contributed by atoms with Crippen LogP contribution in [0.5, 0.6) is 0 Å². The number of allylic oxidation sites excluding steroid dienone is 5. The summed E-state index contributed by atoms with van der Waals surface area (Å²) in [5, 5.41) is 0. The Morgan fingerprint density at radius 1 is 0.889 bits per heavy atom. The summed E-state index contributed by atoms with van der Waals surface area (Å²) in [5.74, 6) is 0.486. The summed E-state index contributed by atoms with van der Waals surface area (Å²) < 4.78 is 0. The Balaban J connectivity index is 1.56.